The molecule has 0 spiro atoms. The molecule has 1 unspecified atom stereocenters. The number of carbonyl (C=O) groups excluding carboxylic acids is 2. The fourth-order valence-electron chi connectivity index (χ4n) is 5.03. The summed E-state index contributed by atoms with van der Waals surface area (Å²) < 4.78 is 10.9. The van der Waals surface area contributed by atoms with Gasteiger partial charge in [-0.25, -0.2) is 0 Å². The normalized spacial score (nSPS) is 14.5. The van der Waals surface area contributed by atoms with Gasteiger partial charge in [0.25, 0.3) is 11.5 Å². The Morgan fingerprint density at radius 1 is 1.18 bits per heavy atom. The first-order valence-corrected chi connectivity index (χ1v) is 14.6. The second-order valence-corrected chi connectivity index (χ2v) is 10.3. The highest BCUT2D eigenvalue weighted by Gasteiger charge is 2.31. The van der Waals surface area contributed by atoms with Crippen LogP contribution in [0.15, 0.2) is 66.1 Å². The van der Waals surface area contributed by atoms with Crippen LogP contribution in [0.5, 0.6) is 11.5 Å². The van der Waals surface area contributed by atoms with Gasteiger partial charge in [-0.1, -0.05) is 18.7 Å². The number of hydrogen-bond acceptors (Lipinski definition) is 6. The van der Waals surface area contributed by atoms with E-state index in [1.54, 1.807) is 23.2 Å². The second kappa shape index (κ2) is 13.5. The number of amides is 2. The van der Waals surface area contributed by atoms with Crippen molar-refractivity contribution in [1.29, 1.82) is 0 Å². The maximum atomic E-state index is 13.6. The smallest absolute Gasteiger partial charge is 0.252 e. The number of H-pyrrole nitrogens is 1. The first-order valence-electron chi connectivity index (χ1n) is 12.8. The Hall–Kier alpha value is -3.07. The van der Waals surface area contributed by atoms with E-state index in [0.29, 0.717) is 42.3 Å². The molecule has 1 saturated heterocycles. The predicted molar refractivity (Wildman–Crippen MR) is 172 cm³/mol. The van der Waals surface area contributed by atoms with E-state index in [2.05, 4.69) is 34.8 Å². The minimum Gasteiger partial charge on any atom is -0.424 e. The van der Waals surface area contributed by atoms with Crippen LogP contribution in [-0.4, -0.2) is 47.4 Å². The molecule has 0 saturated carbocycles. The maximum absolute atomic E-state index is 13.6. The minimum absolute atomic E-state index is 0.0797. The number of carbonyl (C=O) groups is 2. The van der Waals surface area contributed by atoms with Crippen LogP contribution in [0.2, 0.25) is 0 Å². The molecule has 1 fully saturated rings. The van der Waals surface area contributed by atoms with Gasteiger partial charge in [-0.2, -0.15) is 0 Å². The highest BCUT2D eigenvalue weighted by molar-refractivity contribution is 14.1. The Kier molecular flexibility index (Phi) is 10.1. The van der Waals surface area contributed by atoms with Crippen molar-refractivity contribution in [2.75, 3.05) is 24.5 Å². The molecular weight excluding hydrogens is 738 g/mol. The van der Waals surface area contributed by atoms with Gasteiger partial charge in [0.05, 0.1) is 0 Å². The molecule has 0 bridgehead atoms. The molecule has 3 aromatic rings. The zero-order chi connectivity index (χ0) is 28.8. The molecule has 210 valence electrons. The van der Waals surface area contributed by atoms with Gasteiger partial charge in [-0.05, 0) is 73.4 Å². The molecule has 40 heavy (non-hydrogen) atoms. The summed E-state index contributed by atoms with van der Waals surface area (Å²) in [5, 5.41) is 2.91. The van der Waals surface area contributed by atoms with Crippen LogP contribution in [0.3, 0.4) is 0 Å². The molecule has 1 atom stereocenters. The number of halogens is 2. The number of nitrogens with zero attached hydrogens (tertiary/aromatic N) is 2. The summed E-state index contributed by atoms with van der Waals surface area (Å²) in [7, 11) is 0. The molecule has 2 aromatic carbocycles. The largest absolute Gasteiger partial charge is 0.424 e. The third-order valence-corrected chi connectivity index (χ3v) is 8.10. The summed E-state index contributed by atoms with van der Waals surface area (Å²) in [6.07, 6.45) is 3.71. The van der Waals surface area contributed by atoms with E-state index in [1.807, 2.05) is 77.2 Å². The number of benzene rings is 2. The van der Waals surface area contributed by atoms with Crippen molar-refractivity contribution in [2.45, 2.75) is 32.9 Å². The SMILES string of the molecule is C=CC(=O)N1CCC(N(CC)c2cc(-c3ccc(OI)c(OI)c3)cc(C(=O)NCc3ccc[nH]c3=O)c2C)C1. The van der Waals surface area contributed by atoms with Gasteiger partial charge in [0.2, 0.25) is 5.91 Å². The number of likely N-dealkylation sites (tertiary alicyclic amines) is 1. The highest BCUT2D eigenvalue weighted by atomic mass is 127. The van der Waals surface area contributed by atoms with E-state index >= 15 is 0 Å². The molecule has 2 heterocycles. The van der Waals surface area contributed by atoms with Gasteiger partial charge in [0, 0.05) is 55.2 Å². The Balaban J connectivity index is 1.77. The number of nitrogens with one attached hydrogen (secondary N) is 2. The summed E-state index contributed by atoms with van der Waals surface area (Å²) in [6.45, 7) is 9.64. The molecule has 0 radical (unpaired) electrons. The third kappa shape index (κ3) is 6.45. The first-order chi connectivity index (χ1) is 19.3. The highest BCUT2D eigenvalue weighted by Crippen LogP contribution is 2.38. The van der Waals surface area contributed by atoms with E-state index in [-0.39, 0.29) is 30.0 Å². The van der Waals surface area contributed by atoms with Crippen LogP contribution in [-0.2, 0) is 11.3 Å². The molecule has 4 rings (SSSR count). The fraction of sp³-hybridized carbons (Fsp3) is 0.276. The van der Waals surface area contributed by atoms with Gasteiger partial charge in [0.1, 0.15) is 0 Å². The number of rotatable bonds is 10. The Morgan fingerprint density at radius 2 is 1.95 bits per heavy atom. The van der Waals surface area contributed by atoms with E-state index < -0.39 is 0 Å². The number of hydrogen-bond donors (Lipinski definition) is 2. The first kappa shape index (κ1) is 29.9. The average Bonchev–Trinajstić information content (AvgIpc) is 3.47. The van der Waals surface area contributed by atoms with Crippen LogP contribution in [0.25, 0.3) is 11.1 Å². The van der Waals surface area contributed by atoms with Crippen LogP contribution in [0, 0.1) is 6.92 Å². The second-order valence-electron chi connectivity index (χ2n) is 9.41. The molecule has 2 amide bonds. The topological polar surface area (TPSA) is 104 Å². The fourth-order valence-corrected chi connectivity index (χ4v) is 5.74. The van der Waals surface area contributed by atoms with Crippen LogP contribution >= 0.6 is 46.0 Å². The molecular formula is C29H30I2N4O5. The van der Waals surface area contributed by atoms with E-state index in [9.17, 15) is 14.4 Å². The van der Waals surface area contributed by atoms with Gasteiger partial charge >= 0.3 is 0 Å². The van der Waals surface area contributed by atoms with Crippen molar-refractivity contribution in [3.8, 4) is 22.6 Å². The summed E-state index contributed by atoms with van der Waals surface area (Å²) in [5.74, 6) is 0.784. The molecule has 1 aliphatic heterocycles. The number of aromatic amines is 1. The van der Waals surface area contributed by atoms with Crippen LogP contribution in [0.4, 0.5) is 5.69 Å². The minimum atomic E-state index is -0.285. The van der Waals surface area contributed by atoms with Crippen molar-refractivity contribution >= 4 is 63.5 Å². The maximum Gasteiger partial charge on any atom is 0.252 e. The quantitative estimate of drug-likeness (QED) is 0.213. The van der Waals surface area contributed by atoms with E-state index in [0.717, 1.165) is 28.8 Å². The predicted octanol–water partition coefficient (Wildman–Crippen LogP) is 5.35. The zero-order valence-electron chi connectivity index (χ0n) is 22.2. The van der Waals surface area contributed by atoms with Crippen molar-refractivity contribution < 1.29 is 15.7 Å². The van der Waals surface area contributed by atoms with Crippen LogP contribution < -0.4 is 21.9 Å². The Bertz CT molecular complexity index is 1480. The number of likely N-dealkylation sites (N-methyl/N-ethyl adjacent to an activating group) is 1. The summed E-state index contributed by atoms with van der Waals surface area (Å²) in [6, 6.07) is 13.0. The number of anilines is 1. The monoisotopic (exact) mass is 768 g/mol. The molecule has 1 aromatic heterocycles. The summed E-state index contributed by atoms with van der Waals surface area (Å²) in [4.78, 5) is 44.7. The lowest BCUT2D eigenvalue weighted by atomic mass is 9.95. The number of pyridine rings is 1. The lowest BCUT2D eigenvalue weighted by Crippen LogP contribution is -2.39. The van der Waals surface area contributed by atoms with Crippen molar-refractivity contribution in [2.24, 2.45) is 0 Å². The van der Waals surface area contributed by atoms with Gasteiger partial charge in [-0.3, -0.25) is 14.4 Å². The van der Waals surface area contributed by atoms with Gasteiger partial charge in [-0.15, -0.1) is 0 Å². The van der Waals surface area contributed by atoms with Crippen LogP contribution in [0.1, 0.15) is 34.8 Å². The molecule has 11 heteroatoms. The van der Waals surface area contributed by atoms with Gasteiger partial charge in [0.15, 0.2) is 57.5 Å². The number of aromatic nitrogens is 1. The van der Waals surface area contributed by atoms with Crippen molar-refractivity contribution in [3.05, 3.63) is 88.4 Å². The Labute approximate surface area is 261 Å². The van der Waals surface area contributed by atoms with Crippen molar-refractivity contribution in [1.82, 2.24) is 15.2 Å². The van der Waals surface area contributed by atoms with E-state index in [4.69, 9.17) is 6.13 Å². The summed E-state index contributed by atoms with van der Waals surface area (Å²) in [5.41, 5.74) is 4.13. The molecule has 9 nitrogen and oxygen atoms in total. The molecule has 0 aliphatic carbocycles. The Morgan fingerprint density at radius 3 is 2.62 bits per heavy atom. The zero-order valence-corrected chi connectivity index (χ0v) is 26.5. The summed E-state index contributed by atoms with van der Waals surface area (Å²) >= 11 is 3.63. The van der Waals surface area contributed by atoms with E-state index in [1.165, 1.54) is 6.08 Å². The molecule has 2 N–H and O–H groups in total. The molecule has 1 aliphatic rings. The third-order valence-electron chi connectivity index (χ3n) is 7.15. The van der Waals surface area contributed by atoms with Crippen molar-refractivity contribution in [3.63, 3.8) is 0 Å². The average molecular weight is 768 g/mol. The lowest BCUT2D eigenvalue weighted by molar-refractivity contribution is -0.125. The lowest BCUT2D eigenvalue weighted by Gasteiger charge is -2.32. The standard InChI is InChI=1S/C29H30I2N4O5/c1-4-27(36)34-12-10-22(17-34)35(5-2)24-14-21(19-8-9-25(39-30)26(15-19)40-31)13-23(18(24)3)29(38)33-16-20-7-6-11-32-28(20)37/h4,6-9,11,13-15,22H,1,5,10,12,16-17H2,2-3H3,(H,32,37)(H,33,38). The van der Waals surface area contributed by atoms with Gasteiger partial charge < -0.3 is 26.2 Å².